The molecule has 19 heavy (non-hydrogen) atoms. The van der Waals surface area contributed by atoms with Crippen LogP contribution in [0, 0.1) is 12.3 Å². The molecule has 106 valence electrons. The summed E-state index contributed by atoms with van der Waals surface area (Å²) >= 11 is 1.61. The standard InChI is InChI=1S/C14H20N2OS.ClH/c1-11-2-3-12(18-11)13(17)16-9-6-14(10-16)4-7-15-8-5-14;/h2-3,15H,4-10H2,1H3;1H. The second-order valence-electron chi connectivity index (χ2n) is 5.64. The normalized spacial score (nSPS) is 21.4. The highest BCUT2D eigenvalue weighted by molar-refractivity contribution is 7.13. The van der Waals surface area contributed by atoms with Gasteiger partial charge in [0.1, 0.15) is 0 Å². The molecular formula is C14H21ClN2OS. The molecule has 3 rings (SSSR count). The number of halogens is 1. The van der Waals surface area contributed by atoms with Gasteiger partial charge >= 0.3 is 0 Å². The predicted molar refractivity (Wildman–Crippen MR) is 81.4 cm³/mol. The second-order valence-corrected chi connectivity index (χ2v) is 6.92. The molecule has 1 amide bonds. The van der Waals surface area contributed by atoms with Crippen LogP contribution in [0.5, 0.6) is 0 Å². The largest absolute Gasteiger partial charge is 0.337 e. The Morgan fingerprint density at radius 2 is 2.05 bits per heavy atom. The lowest BCUT2D eigenvalue weighted by molar-refractivity contribution is 0.0766. The molecule has 2 aliphatic heterocycles. The molecule has 0 radical (unpaired) electrons. The van der Waals surface area contributed by atoms with Crippen LogP contribution < -0.4 is 5.32 Å². The number of thiophene rings is 1. The minimum Gasteiger partial charge on any atom is -0.337 e. The highest BCUT2D eigenvalue weighted by atomic mass is 35.5. The molecule has 2 aliphatic rings. The summed E-state index contributed by atoms with van der Waals surface area (Å²) in [7, 11) is 0. The van der Waals surface area contributed by atoms with E-state index in [1.54, 1.807) is 11.3 Å². The molecular weight excluding hydrogens is 280 g/mol. The van der Waals surface area contributed by atoms with Crippen molar-refractivity contribution in [3.63, 3.8) is 0 Å². The molecule has 2 saturated heterocycles. The quantitative estimate of drug-likeness (QED) is 0.865. The highest BCUT2D eigenvalue weighted by Gasteiger charge is 2.40. The lowest BCUT2D eigenvalue weighted by Gasteiger charge is -2.33. The zero-order valence-corrected chi connectivity index (χ0v) is 12.9. The average molecular weight is 301 g/mol. The molecule has 0 aromatic carbocycles. The van der Waals surface area contributed by atoms with Crippen LogP contribution in [0.15, 0.2) is 12.1 Å². The third-order valence-electron chi connectivity index (χ3n) is 4.34. The Bertz CT molecular complexity index is 454. The summed E-state index contributed by atoms with van der Waals surface area (Å²) in [6, 6.07) is 4.00. The van der Waals surface area contributed by atoms with Crippen LogP contribution in [0.1, 0.15) is 33.8 Å². The van der Waals surface area contributed by atoms with E-state index < -0.39 is 0 Å². The van der Waals surface area contributed by atoms with E-state index in [0.29, 0.717) is 5.41 Å². The van der Waals surface area contributed by atoms with Gasteiger partial charge in [-0.15, -0.1) is 23.7 Å². The first-order valence-electron chi connectivity index (χ1n) is 6.75. The maximum Gasteiger partial charge on any atom is 0.263 e. The van der Waals surface area contributed by atoms with Crippen molar-refractivity contribution < 1.29 is 4.79 Å². The number of amides is 1. The summed E-state index contributed by atoms with van der Waals surface area (Å²) in [5.41, 5.74) is 0.410. The van der Waals surface area contributed by atoms with Gasteiger partial charge in [0.05, 0.1) is 4.88 Å². The van der Waals surface area contributed by atoms with Gasteiger partial charge in [0.15, 0.2) is 0 Å². The third-order valence-corrected chi connectivity index (χ3v) is 5.33. The molecule has 1 spiro atoms. The van der Waals surface area contributed by atoms with E-state index >= 15 is 0 Å². The van der Waals surface area contributed by atoms with Gasteiger partial charge in [-0.2, -0.15) is 0 Å². The number of carbonyl (C=O) groups excluding carboxylic acids is 1. The molecule has 2 fully saturated rings. The average Bonchev–Trinajstić information content (AvgIpc) is 2.97. The molecule has 0 aliphatic carbocycles. The number of aryl methyl sites for hydroxylation is 1. The van der Waals surface area contributed by atoms with Crippen molar-refractivity contribution in [1.29, 1.82) is 0 Å². The number of nitrogens with one attached hydrogen (secondary N) is 1. The van der Waals surface area contributed by atoms with Gasteiger partial charge in [-0.05, 0) is 56.8 Å². The second kappa shape index (κ2) is 5.81. The lowest BCUT2D eigenvalue weighted by atomic mass is 9.78. The van der Waals surface area contributed by atoms with Crippen molar-refractivity contribution in [3.05, 3.63) is 21.9 Å². The summed E-state index contributed by atoms with van der Waals surface area (Å²) in [6.07, 6.45) is 3.63. The lowest BCUT2D eigenvalue weighted by Crippen LogP contribution is -2.39. The van der Waals surface area contributed by atoms with Crippen molar-refractivity contribution in [2.75, 3.05) is 26.2 Å². The number of piperidine rings is 1. The van der Waals surface area contributed by atoms with Crippen molar-refractivity contribution in [3.8, 4) is 0 Å². The maximum atomic E-state index is 12.4. The Morgan fingerprint density at radius 1 is 1.32 bits per heavy atom. The van der Waals surface area contributed by atoms with Crippen molar-refractivity contribution >= 4 is 29.7 Å². The SMILES string of the molecule is Cc1ccc(C(=O)N2CCC3(CCNCC3)C2)s1.Cl. The van der Waals surface area contributed by atoms with Gasteiger partial charge in [-0.3, -0.25) is 4.79 Å². The zero-order valence-electron chi connectivity index (χ0n) is 11.3. The smallest absolute Gasteiger partial charge is 0.263 e. The first-order chi connectivity index (χ1) is 8.69. The molecule has 3 heterocycles. The minimum atomic E-state index is 0. The van der Waals surface area contributed by atoms with Gasteiger partial charge in [0, 0.05) is 18.0 Å². The number of carbonyl (C=O) groups is 1. The summed E-state index contributed by atoms with van der Waals surface area (Å²) in [5.74, 6) is 0.239. The van der Waals surface area contributed by atoms with Crippen LogP contribution in [-0.4, -0.2) is 37.0 Å². The molecule has 1 N–H and O–H groups in total. The Kier molecular flexibility index (Phi) is 4.54. The Labute approximate surface area is 124 Å². The summed E-state index contributed by atoms with van der Waals surface area (Å²) in [4.78, 5) is 16.6. The molecule has 5 heteroatoms. The summed E-state index contributed by atoms with van der Waals surface area (Å²) in [6.45, 7) is 6.18. The Balaban J connectivity index is 0.00000133. The van der Waals surface area contributed by atoms with E-state index in [1.165, 1.54) is 24.1 Å². The summed E-state index contributed by atoms with van der Waals surface area (Å²) < 4.78 is 0. The minimum absolute atomic E-state index is 0. The van der Waals surface area contributed by atoms with Gasteiger partial charge in [0.25, 0.3) is 5.91 Å². The first kappa shape index (κ1) is 14.8. The van der Waals surface area contributed by atoms with E-state index in [-0.39, 0.29) is 18.3 Å². The van der Waals surface area contributed by atoms with E-state index in [1.807, 2.05) is 12.1 Å². The molecule has 3 nitrogen and oxygen atoms in total. The third kappa shape index (κ3) is 2.96. The molecule has 0 bridgehead atoms. The van der Waals surface area contributed by atoms with Crippen molar-refractivity contribution in [2.24, 2.45) is 5.41 Å². The number of hydrogen-bond acceptors (Lipinski definition) is 3. The van der Waals surface area contributed by atoms with E-state index in [0.717, 1.165) is 31.1 Å². The fourth-order valence-corrected chi connectivity index (χ4v) is 4.01. The van der Waals surface area contributed by atoms with Crippen LogP contribution in [0.4, 0.5) is 0 Å². The van der Waals surface area contributed by atoms with Crippen LogP contribution in [0.25, 0.3) is 0 Å². The van der Waals surface area contributed by atoms with Crippen LogP contribution >= 0.6 is 23.7 Å². The Morgan fingerprint density at radius 3 is 2.68 bits per heavy atom. The molecule has 0 unspecified atom stereocenters. The fraction of sp³-hybridized carbons (Fsp3) is 0.643. The molecule has 1 aromatic rings. The molecule has 1 aromatic heterocycles. The van der Waals surface area contributed by atoms with E-state index in [4.69, 9.17) is 0 Å². The van der Waals surface area contributed by atoms with Crippen LogP contribution in [0.2, 0.25) is 0 Å². The predicted octanol–water partition coefficient (Wildman–Crippen LogP) is 2.69. The van der Waals surface area contributed by atoms with Crippen molar-refractivity contribution in [2.45, 2.75) is 26.2 Å². The van der Waals surface area contributed by atoms with Gasteiger partial charge in [-0.1, -0.05) is 0 Å². The van der Waals surface area contributed by atoms with Crippen molar-refractivity contribution in [1.82, 2.24) is 10.2 Å². The molecule has 0 saturated carbocycles. The number of rotatable bonds is 1. The maximum absolute atomic E-state index is 12.4. The molecule has 0 atom stereocenters. The summed E-state index contributed by atoms with van der Waals surface area (Å²) in [5, 5.41) is 3.41. The topological polar surface area (TPSA) is 32.3 Å². The Hall–Kier alpha value is -0.580. The van der Waals surface area contributed by atoms with E-state index in [2.05, 4.69) is 17.1 Å². The van der Waals surface area contributed by atoms with Gasteiger partial charge in [-0.25, -0.2) is 0 Å². The zero-order chi connectivity index (χ0) is 12.6. The number of likely N-dealkylation sites (tertiary alicyclic amines) is 1. The van der Waals surface area contributed by atoms with Crippen LogP contribution in [0.3, 0.4) is 0 Å². The fourth-order valence-electron chi connectivity index (χ4n) is 3.18. The monoisotopic (exact) mass is 300 g/mol. The number of nitrogens with zero attached hydrogens (tertiary/aromatic N) is 1. The van der Waals surface area contributed by atoms with Crippen LogP contribution in [-0.2, 0) is 0 Å². The van der Waals surface area contributed by atoms with Gasteiger partial charge in [0.2, 0.25) is 0 Å². The highest BCUT2D eigenvalue weighted by Crippen LogP contribution is 2.39. The van der Waals surface area contributed by atoms with Gasteiger partial charge < -0.3 is 10.2 Å². The first-order valence-corrected chi connectivity index (χ1v) is 7.57. The number of hydrogen-bond donors (Lipinski definition) is 1. The van der Waals surface area contributed by atoms with E-state index in [9.17, 15) is 4.79 Å².